The van der Waals surface area contributed by atoms with Gasteiger partial charge in [-0.3, -0.25) is 9.13 Å². The van der Waals surface area contributed by atoms with Gasteiger partial charge in [0.2, 0.25) is 0 Å². The summed E-state index contributed by atoms with van der Waals surface area (Å²) in [6.07, 6.45) is 5.50. The minimum atomic E-state index is -1.06. The summed E-state index contributed by atoms with van der Waals surface area (Å²) in [4.78, 5) is 22.8. The number of hydrogen-bond acceptors (Lipinski definition) is 3. The first-order valence-corrected chi connectivity index (χ1v) is 5.68. The number of furan rings is 1. The summed E-state index contributed by atoms with van der Waals surface area (Å²) >= 11 is 0. The zero-order valence-electron chi connectivity index (χ0n) is 10.00. The van der Waals surface area contributed by atoms with Crippen molar-refractivity contribution in [1.82, 2.24) is 9.13 Å². The number of carboxylic acids is 1. The Morgan fingerprint density at radius 3 is 2.78 bits per heavy atom. The fourth-order valence-corrected chi connectivity index (χ4v) is 1.79. The van der Waals surface area contributed by atoms with Crippen molar-refractivity contribution in [3.05, 3.63) is 46.5 Å². The number of carbonyl (C=O) groups is 1. The van der Waals surface area contributed by atoms with Gasteiger partial charge in [0.1, 0.15) is 11.3 Å². The van der Waals surface area contributed by atoms with Crippen molar-refractivity contribution in [3.63, 3.8) is 0 Å². The van der Waals surface area contributed by atoms with Gasteiger partial charge < -0.3 is 9.52 Å². The number of aromatic carboxylic acids is 1. The zero-order chi connectivity index (χ0) is 13.1. The van der Waals surface area contributed by atoms with E-state index in [0.29, 0.717) is 6.54 Å². The van der Waals surface area contributed by atoms with Gasteiger partial charge in [0.15, 0.2) is 0 Å². The van der Waals surface area contributed by atoms with Crippen LogP contribution in [0.1, 0.15) is 29.5 Å². The summed E-state index contributed by atoms with van der Waals surface area (Å²) in [7, 11) is 0. The number of imidazole rings is 1. The van der Waals surface area contributed by atoms with Crippen molar-refractivity contribution in [1.29, 1.82) is 0 Å². The van der Waals surface area contributed by atoms with Gasteiger partial charge in [-0.2, -0.15) is 0 Å². The molecule has 2 rings (SSSR count). The molecule has 0 unspecified atom stereocenters. The molecule has 6 nitrogen and oxygen atoms in total. The van der Waals surface area contributed by atoms with Crippen LogP contribution in [0.4, 0.5) is 0 Å². The number of nitrogens with zero attached hydrogens (tertiary/aromatic N) is 2. The van der Waals surface area contributed by atoms with E-state index in [1.807, 2.05) is 6.92 Å². The number of hydrogen-bond donors (Lipinski definition) is 1. The summed E-state index contributed by atoms with van der Waals surface area (Å²) in [5.74, 6) is -0.779. The van der Waals surface area contributed by atoms with Gasteiger partial charge in [0, 0.05) is 18.9 Å². The van der Waals surface area contributed by atoms with Crippen LogP contribution >= 0.6 is 0 Å². The average Bonchev–Trinajstić information content (AvgIpc) is 2.91. The second-order valence-electron chi connectivity index (χ2n) is 3.96. The van der Waals surface area contributed by atoms with Gasteiger partial charge in [-0.05, 0) is 12.5 Å². The maximum Gasteiger partial charge on any atom is 0.339 e. The molecule has 2 heterocycles. The third-order valence-electron chi connectivity index (χ3n) is 2.67. The molecule has 2 aromatic rings. The number of carboxylic acid groups (broad SMARTS) is 1. The number of rotatable bonds is 5. The van der Waals surface area contributed by atoms with E-state index < -0.39 is 5.97 Å². The highest BCUT2D eigenvalue weighted by atomic mass is 16.4. The molecule has 6 heteroatoms. The Kier molecular flexibility index (Phi) is 3.36. The highest BCUT2D eigenvalue weighted by Gasteiger charge is 2.14. The van der Waals surface area contributed by atoms with Gasteiger partial charge in [-0.1, -0.05) is 6.92 Å². The van der Waals surface area contributed by atoms with Gasteiger partial charge >= 0.3 is 11.7 Å². The molecule has 0 aliphatic rings. The molecule has 0 spiro atoms. The Bertz CT molecular complexity index is 606. The lowest BCUT2D eigenvalue weighted by molar-refractivity contribution is 0.0694. The lowest BCUT2D eigenvalue weighted by Gasteiger charge is -2.00. The SMILES string of the molecule is CCCn1ccn(Cc2occc2C(=O)O)c1=O. The fourth-order valence-electron chi connectivity index (χ4n) is 1.79. The first-order valence-electron chi connectivity index (χ1n) is 5.68. The molecule has 0 aromatic carbocycles. The van der Waals surface area contributed by atoms with Gasteiger partial charge in [-0.15, -0.1) is 0 Å². The minimum Gasteiger partial charge on any atom is -0.478 e. The molecule has 1 N–H and O–H groups in total. The Morgan fingerprint density at radius 2 is 2.11 bits per heavy atom. The van der Waals surface area contributed by atoms with E-state index in [1.165, 1.54) is 16.9 Å². The van der Waals surface area contributed by atoms with Crippen molar-refractivity contribution in [2.45, 2.75) is 26.4 Å². The quantitative estimate of drug-likeness (QED) is 0.870. The lowest BCUT2D eigenvalue weighted by Crippen LogP contribution is -2.24. The van der Waals surface area contributed by atoms with Crippen molar-refractivity contribution in [2.24, 2.45) is 0 Å². The van der Waals surface area contributed by atoms with Gasteiger partial charge in [0.25, 0.3) is 0 Å². The van der Waals surface area contributed by atoms with E-state index >= 15 is 0 Å². The van der Waals surface area contributed by atoms with Crippen LogP contribution in [0, 0.1) is 0 Å². The molecule has 96 valence electrons. The molecule has 0 saturated heterocycles. The minimum absolute atomic E-state index is 0.0881. The van der Waals surface area contributed by atoms with E-state index in [4.69, 9.17) is 9.52 Å². The molecule has 18 heavy (non-hydrogen) atoms. The summed E-state index contributed by atoms with van der Waals surface area (Å²) in [5.41, 5.74) is -0.0743. The van der Waals surface area contributed by atoms with E-state index in [0.717, 1.165) is 6.42 Å². The van der Waals surface area contributed by atoms with E-state index in [9.17, 15) is 9.59 Å². The molecule has 0 aliphatic heterocycles. The van der Waals surface area contributed by atoms with Crippen LogP contribution in [0.25, 0.3) is 0 Å². The normalized spacial score (nSPS) is 10.7. The fraction of sp³-hybridized carbons (Fsp3) is 0.333. The smallest absolute Gasteiger partial charge is 0.339 e. The van der Waals surface area contributed by atoms with Crippen LogP contribution in [0.5, 0.6) is 0 Å². The maximum absolute atomic E-state index is 11.9. The summed E-state index contributed by atoms with van der Waals surface area (Å²) < 4.78 is 8.12. The van der Waals surface area contributed by atoms with E-state index in [-0.39, 0.29) is 23.6 Å². The molecule has 0 aliphatic carbocycles. The molecule has 2 aromatic heterocycles. The standard InChI is InChI=1S/C12H14N2O4/c1-2-4-13-5-6-14(12(13)17)8-10-9(11(15)16)3-7-18-10/h3,5-7H,2,4,8H2,1H3,(H,15,16). The second-order valence-corrected chi connectivity index (χ2v) is 3.96. The summed E-state index contributed by atoms with van der Waals surface area (Å²) in [6.45, 7) is 2.76. The monoisotopic (exact) mass is 250 g/mol. The summed E-state index contributed by atoms with van der Waals surface area (Å²) in [5, 5.41) is 8.94. The largest absolute Gasteiger partial charge is 0.478 e. The van der Waals surface area contributed by atoms with E-state index in [2.05, 4.69) is 0 Å². The number of aryl methyl sites for hydroxylation is 1. The Hall–Kier alpha value is -2.24. The molecule has 0 atom stereocenters. The van der Waals surface area contributed by atoms with Crippen LogP contribution in [-0.2, 0) is 13.1 Å². The van der Waals surface area contributed by atoms with Crippen LogP contribution in [0.2, 0.25) is 0 Å². The second kappa shape index (κ2) is 4.95. The van der Waals surface area contributed by atoms with Crippen molar-refractivity contribution in [2.75, 3.05) is 0 Å². The molecule has 0 amide bonds. The van der Waals surface area contributed by atoms with Crippen LogP contribution in [0.3, 0.4) is 0 Å². The Balaban J connectivity index is 2.26. The van der Waals surface area contributed by atoms with Gasteiger partial charge in [-0.25, -0.2) is 9.59 Å². The molecule has 0 bridgehead atoms. The molecule has 0 saturated carbocycles. The van der Waals surface area contributed by atoms with Crippen LogP contribution < -0.4 is 5.69 Å². The van der Waals surface area contributed by atoms with Crippen LogP contribution in [-0.4, -0.2) is 20.2 Å². The molecule has 0 radical (unpaired) electrons. The Labute approximate surface area is 103 Å². The molecule has 0 fully saturated rings. The lowest BCUT2D eigenvalue weighted by atomic mass is 10.2. The topological polar surface area (TPSA) is 77.4 Å². The van der Waals surface area contributed by atoms with Crippen molar-refractivity contribution in [3.8, 4) is 0 Å². The summed E-state index contributed by atoms with van der Waals surface area (Å²) in [6, 6.07) is 1.38. The third-order valence-corrected chi connectivity index (χ3v) is 2.67. The molecular formula is C12H14N2O4. The van der Waals surface area contributed by atoms with E-state index in [1.54, 1.807) is 17.0 Å². The van der Waals surface area contributed by atoms with Crippen LogP contribution in [0.15, 0.2) is 33.9 Å². The first-order chi connectivity index (χ1) is 8.63. The molecular weight excluding hydrogens is 236 g/mol. The highest BCUT2D eigenvalue weighted by molar-refractivity contribution is 5.88. The predicted molar refractivity (Wildman–Crippen MR) is 63.8 cm³/mol. The third kappa shape index (κ3) is 2.22. The first kappa shape index (κ1) is 12.2. The van der Waals surface area contributed by atoms with Crippen molar-refractivity contribution < 1.29 is 14.3 Å². The average molecular weight is 250 g/mol. The zero-order valence-corrected chi connectivity index (χ0v) is 10.00. The van der Waals surface area contributed by atoms with Crippen molar-refractivity contribution >= 4 is 5.97 Å². The highest BCUT2D eigenvalue weighted by Crippen LogP contribution is 2.11. The Morgan fingerprint density at radius 1 is 1.39 bits per heavy atom. The predicted octanol–water partition coefficient (Wildman–Crippen LogP) is 1.40. The maximum atomic E-state index is 11.9. The van der Waals surface area contributed by atoms with Gasteiger partial charge in [0.05, 0.1) is 12.8 Å². The number of aromatic nitrogens is 2.